The first-order valence-electron chi connectivity index (χ1n) is 22.3. The number of carbonyl (C=O) groups excluding carboxylic acids is 4. The number of hydrogen-bond acceptors (Lipinski definition) is 11. The van der Waals surface area contributed by atoms with Gasteiger partial charge in [-0.1, -0.05) is 59.8 Å². The minimum Gasteiger partial charge on any atom is -0.466 e. The first-order valence-corrected chi connectivity index (χ1v) is 22.3. The summed E-state index contributed by atoms with van der Waals surface area (Å²) in [6.45, 7) is 10.9. The predicted octanol–water partition coefficient (Wildman–Crippen LogP) is 7.14. The molecule has 316 valence electrons. The fourth-order valence-corrected chi connectivity index (χ4v) is 11.6. The number of carbonyl (C=O) groups is 4. The highest BCUT2D eigenvalue weighted by molar-refractivity contribution is 5.70. The Morgan fingerprint density at radius 2 is 1.29 bits per heavy atom. The largest absolute Gasteiger partial charge is 0.466 e. The van der Waals surface area contributed by atoms with Crippen LogP contribution in [0.3, 0.4) is 0 Å². The lowest BCUT2D eigenvalue weighted by molar-refractivity contribution is -0.226. The van der Waals surface area contributed by atoms with E-state index in [0.717, 1.165) is 51.4 Å². The van der Waals surface area contributed by atoms with Gasteiger partial charge in [0.25, 0.3) is 0 Å². The molecule has 0 aromatic rings. The molecule has 0 bridgehead atoms. The minimum atomic E-state index is -0.359. The van der Waals surface area contributed by atoms with Crippen LogP contribution in [-0.2, 0) is 38.1 Å². The van der Waals surface area contributed by atoms with Crippen molar-refractivity contribution in [1.82, 2.24) is 0 Å². The molecule has 0 spiro atoms. The number of ether oxygens (including phenoxy) is 4. The third kappa shape index (κ3) is 11.7. The van der Waals surface area contributed by atoms with E-state index in [4.69, 9.17) is 36.1 Å². The Kier molecular flexibility index (Phi) is 18.2. The maximum atomic E-state index is 13.5. The Labute approximate surface area is 332 Å². The summed E-state index contributed by atoms with van der Waals surface area (Å²) in [6, 6.07) is 0. The van der Waals surface area contributed by atoms with Crippen molar-refractivity contribution in [3.8, 4) is 0 Å². The van der Waals surface area contributed by atoms with Gasteiger partial charge in [0.05, 0.1) is 6.61 Å². The second-order valence-electron chi connectivity index (χ2n) is 18.1. The molecule has 0 aliphatic heterocycles. The number of esters is 4. The minimum absolute atomic E-state index is 0.0995. The molecule has 4 aliphatic carbocycles. The zero-order valence-electron chi connectivity index (χ0n) is 34.9. The summed E-state index contributed by atoms with van der Waals surface area (Å²) in [6.07, 6.45) is 15.6. The summed E-state index contributed by atoms with van der Waals surface area (Å²) >= 11 is 0. The Hall–Kier alpha value is -2.24. The third-order valence-electron chi connectivity index (χ3n) is 14.6. The van der Waals surface area contributed by atoms with E-state index in [1.54, 1.807) is 0 Å². The van der Waals surface area contributed by atoms with Crippen LogP contribution in [0, 0.1) is 46.3 Å². The lowest BCUT2D eigenvalue weighted by atomic mass is 9.43. The molecule has 55 heavy (non-hydrogen) atoms. The Morgan fingerprint density at radius 1 is 0.673 bits per heavy atom. The highest BCUT2D eigenvalue weighted by Crippen LogP contribution is 2.69. The molecular weight excluding hydrogens is 698 g/mol. The maximum Gasteiger partial charge on any atom is 0.306 e. The SMILES string of the molecule is CCCCCCCCOC(=O)CC[C@@H](C)C1CC[C@H]2C3[C@H](OC(=O)CCCN)CC4C[C@H](OC(=O)CCCN)CCC4(C)[C@H]3C[C@H](OC(=O)CCCN)[C@]12C. The first kappa shape index (κ1) is 45.5. The summed E-state index contributed by atoms with van der Waals surface area (Å²) in [5.41, 5.74) is 16.8. The molecule has 4 rings (SSSR count). The number of unbranched alkanes of at least 4 members (excludes halogenated alkanes) is 5. The smallest absolute Gasteiger partial charge is 0.306 e. The molecule has 11 atom stereocenters. The maximum absolute atomic E-state index is 13.5. The van der Waals surface area contributed by atoms with Crippen LogP contribution in [0.5, 0.6) is 0 Å². The van der Waals surface area contributed by atoms with Gasteiger partial charge in [0.1, 0.15) is 18.3 Å². The molecule has 6 N–H and O–H groups in total. The molecule has 11 nitrogen and oxygen atoms in total. The van der Waals surface area contributed by atoms with Crippen molar-refractivity contribution in [2.75, 3.05) is 26.2 Å². The highest BCUT2D eigenvalue weighted by Gasteiger charge is 2.67. The van der Waals surface area contributed by atoms with Crippen molar-refractivity contribution < 1.29 is 38.1 Å². The number of hydrogen-bond donors (Lipinski definition) is 3. The summed E-state index contributed by atoms with van der Waals surface area (Å²) in [5.74, 6) is 0.288. The van der Waals surface area contributed by atoms with Crippen molar-refractivity contribution >= 4 is 23.9 Å². The van der Waals surface area contributed by atoms with Crippen LogP contribution in [0.1, 0.15) is 163 Å². The van der Waals surface area contributed by atoms with Crippen LogP contribution in [0.25, 0.3) is 0 Å². The van der Waals surface area contributed by atoms with Crippen LogP contribution >= 0.6 is 0 Å². The molecule has 0 radical (unpaired) electrons. The molecular formula is C44H77N3O8. The Balaban J connectivity index is 1.57. The zero-order valence-corrected chi connectivity index (χ0v) is 34.9. The molecule has 0 saturated heterocycles. The molecule has 4 aliphatic rings. The predicted molar refractivity (Wildman–Crippen MR) is 213 cm³/mol. The molecule has 4 saturated carbocycles. The Morgan fingerprint density at radius 3 is 1.95 bits per heavy atom. The molecule has 0 aromatic heterocycles. The number of nitrogens with two attached hydrogens (primary N) is 3. The average molecular weight is 776 g/mol. The van der Waals surface area contributed by atoms with E-state index >= 15 is 0 Å². The van der Waals surface area contributed by atoms with Gasteiger partial charge in [-0.25, -0.2) is 0 Å². The van der Waals surface area contributed by atoms with Gasteiger partial charge in [0, 0.05) is 37.0 Å². The fourth-order valence-electron chi connectivity index (χ4n) is 11.6. The van der Waals surface area contributed by atoms with Gasteiger partial charge in [-0.15, -0.1) is 0 Å². The average Bonchev–Trinajstić information content (AvgIpc) is 3.52. The van der Waals surface area contributed by atoms with Crippen molar-refractivity contribution in [1.29, 1.82) is 0 Å². The van der Waals surface area contributed by atoms with Gasteiger partial charge in [-0.05, 0) is 132 Å². The third-order valence-corrected chi connectivity index (χ3v) is 14.6. The van der Waals surface area contributed by atoms with Gasteiger partial charge in [-0.2, -0.15) is 0 Å². The van der Waals surface area contributed by atoms with E-state index < -0.39 is 0 Å². The second-order valence-corrected chi connectivity index (χ2v) is 18.1. The van der Waals surface area contributed by atoms with Gasteiger partial charge in [0.2, 0.25) is 0 Å². The lowest BCUT2D eigenvalue weighted by Gasteiger charge is -2.64. The van der Waals surface area contributed by atoms with Gasteiger partial charge >= 0.3 is 23.9 Å². The van der Waals surface area contributed by atoms with Crippen LogP contribution < -0.4 is 17.2 Å². The van der Waals surface area contributed by atoms with Crippen molar-refractivity contribution in [2.24, 2.45) is 63.5 Å². The highest BCUT2D eigenvalue weighted by atomic mass is 16.6. The van der Waals surface area contributed by atoms with E-state index in [-0.39, 0.29) is 101 Å². The molecule has 4 fully saturated rings. The van der Waals surface area contributed by atoms with E-state index in [9.17, 15) is 19.2 Å². The van der Waals surface area contributed by atoms with Crippen LogP contribution in [-0.4, -0.2) is 68.4 Å². The summed E-state index contributed by atoms with van der Waals surface area (Å²) in [4.78, 5) is 52.4. The molecule has 11 heteroatoms. The molecule has 0 heterocycles. The van der Waals surface area contributed by atoms with Crippen molar-refractivity contribution in [2.45, 2.75) is 181 Å². The lowest BCUT2D eigenvalue weighted by Crippen LogP contribution is -2.63. The van der Waals surface area contributed by atoms with E-state index in [1.807, 2.05) is 0 Å². The quantitative estimate of drug-likeness (QED) is 0.0545. The monoisotopic (exact) mass is 776 g/mol. The standard InChI is InChI=1S/C44H77N3O8/c1-5-6-7-8-9-10-26-52-38(48)20-17-30(2)33-18-19-34-42-35(29-37(44(33,34)4)55-41(51)16-13-25-47)43(3)22-21-32(53-39(49)14-11-23-45)27-31(43)28-36(42)54-40(50)15-12-24-46/h30-37,42H,5-29,45-47H2,1-4H3/t30-,31?,32-,33?,34+,35+,36-,37+,42?,43?,44-/m1/s1. The molecule has 0 aromatic carbocycles. The summed E-state index contributed by atoms with van der Waals surface area (Å²) in [5, 5.41) is 0. The van der Waals surface area contributed by atoms with E-state index in [1.165, 1.54) is 25.7 Å². The van der Waals surface area contributed by atoms with Gasteiger partial charge < -0.3 is 36.1 Å². The summed E-state index contributed by atoms with van der Waals surface area (Å²) < 4.78 is 24.7. The van der Waals surface area contributed by atoms with E-state index in [0.29, 0.717) is 71.2 Å². The summed E-state index contributed by atoms with van der Waals surface area (Å²) in [7, 11) is 0. The zero-order chi connectivity index (χ0) is 40.0. The topological polar surface area (TPSA) is 183 Å². The van der Waals surface area contributed by atoms with Crippen LogP contribution in [0.15, 0.2) is 0 Å². The first-order chi connectivity index (χ1) is 26.4. The van der Waals surface area contributed by atoms with Crippen molar-refractivity contribution in [3.63, 3.8) is 0 Å². The fraction of sp³-hybridized carbons (Fsp3) is 0.909. The number of fused-ring (bicyclic) bond motifs is 5. The van der Waals surface area contributed by atoms with Crippen LogP contribution in [0.4, 0.5) is 0 Å². The van der Waals surface area contributed by atoms with Gasteiger partial charge in [-0.3, -0.25) is 19.2 Å². The normalized spacial score (nSPS) is 33.1. The second kappa shape index (κ2) is 22.1. The Bertz CT molecular complexity index is 1230. The van der Waals surface area contributed by atoms with Gasteiger partial charge in [0.15, 0.2) is 0 Å². The van der Waals surface area contributed by atoms with Crippen molar-refractivity contribution in [3.05, 3.63) is 0 Å². The molecule has 0 amide bonds. The van der Waals surface area contributed by atoms with Crippen LogP contribution in [0.2, 0.25) is 0 Å². The number of rotatable bonds is 23. The molecule has 4 unspecified atom stereocenters. The van der Waals surface area contributed by atoms with E-state index in [2.05, 4.69) is 27.7 Å².